The van der Waals surface area contributed by atoms with Crippen molar-refractivity contribution in [1.82, 2.24) is 4.98 Å². The van der Waals surface area contributed by atoms with Gasteiger partial charge < -0.3 is 10.1 Å². The van der Waals surface area contributed by atoms with E-state index < -0.39 is 17.8 Å². The Morgan fingerprint density at radius 3 is 2.61 bits per heavy atom. The van der Waals surface area contributed by atoms with E-state index in [0.29, 0.717) is 11.3 Å². The molecule has 0 spiro atoms. The normalized spacial score (nSPS) is 23.1. The summed E-state index contributed by atoms with van der Waals surface area (Å²) in [6, 6.07) is 14.6. The number of nitrogens with zero attached hydrogens (tertiary/aromatic N) is 1. The van der Waals surface area contributed by atoms with E-state index in [-0.39, 0.29) is 11.4 Å². The third-order valence-electron chi connectivity index (χ3n) is 6.35. The van der Waals surface area contributed by atoms with Gasteiger partial charge in [0.05, 0.1) is 11.6 Å². The Kier molecular flexibility index (Phi) is 5.33. The van der Waals surface area contributed by atoms with Crippen LogP contribution in [-0.2, 0) is 11.2 Å². The van der Waals surface area contributed by atoms with Crippen molar-refractivity contribution < 1.29 is 18.3 Å². The van der Waals surface area contributed by atoms with Crippen LogP contribution in [0.5, 0.6) is 5.75 Å². The third-order valence-corrected chi connectivity index (χ3v) is 7.39. The lowest BCUT2D eigenvalue weighted by molar-refractivity contribution is 0.000669. The molecule has 2 aromatic carbocycles. The van der Waals surface area contributed by atoms with Crippen LogP contribution >= 0.6 is 11.8 Å². The Morgan fingerprint density at radius 1 is 1.12 bits per heavy atom. The molecular formula is C26H28F2N2O2S. The van der Waals surface area contributed by atoms with Gasteiger partial charge in [0.25, 0.3) is 0 Å². The minimum atomic E-state index is -3.23. The van der Waals surface area contributed by atoms with Crippen LogP contribution in [0.15, 0.2) is 48.5 Å². The molecule has 0 saturated carbocycles. The van der Waals surface area contributed by atoms with E-state index in [4.69, 9.17) is 9.47 Å². The average molecular weight is 471 g/mol. The maximum Gasteiger partial charge on any atom is 0.389 e. The predicted octanol–water partition coefficient (Wildman–Crippen LogP) is 6.52. The molecular weight excluding hydrogens is 442 g/mol. The number of hydrogen-bond acceptors (Lipinski definition) is 5. The van der Waals surface area contributed by atoms with E-state index in [2.05, 4.69) is 10.3 Å². The molecule has 4 nitrogen and oxygen atoms in total. The van der Waals surface area contributed by atoms with Crippen molar-refractivity contribution >= 4 is 28.4 Å². The van der Waals surface area contributed by atoms with E-state index in [0.717, 1.165) is 40.0 Å². The Balaban J connectivity index is 1.64. The molecule has 2 atom stereocenters. The number of halogens is 2. The highest BCUT2D eigenvalue weighted by molar-refractivity contribution is 7.99. The molecule has 0 aliphatic carbocycles. The number of aryl methyl sites for hydroxylation is 1. The predicted molar refractivity (Wildman–Crippen MR) is 129 cm³/mol. The van der Waals surface area contributed by atoms with Gasteiger partial charge in [-0.05, 0) is 56.4 Å². The number of anilines is 1. The Hall–Kier alpha value is -2.38. The fourth-order valence-electron chi connectivity index (χ4n) is 4.73. The largest absolute Gasteiger partial charge is 0.487 e. The molecule has 0 radical (unpaired) electrons. The third kappa shape index (κ3) is 3.85. The van der Waals surface area contributed by atoms with Crippen LogP contribution in [0.1, 0.15) is 43.6 Å². The molecule has 2 unspecified atom stereocenters. The van der Waals surface area contributed by atoms with Crippen LogP contribution in [0.3, 0.4) is 0 Å². The van der Waals surface area contributed by atoms with Crippen molar-refractivity contribution in [2.75, 3.05) is 16.8 Å². The van der Waals surface area contributed by atoms with E-state index in [9.17, 15) is 8.78 Å². The fourth-order valence-corrected chi connectivity index (χ4v) is 5.63. The molecule has 2 aliphatic rings. The zero-order valence-corrected chi connectivity index (χ0v) is 20.1. The summed E-state index contributed by atoms with van der Waals surface area (Å²) in [7, 11) is 0. The molecule has 1 fully saturated rings. The van der Waals surface area contributed by atoms with E-state index >= 15 is 0 Å². The first kappa shape index (κ1) is 22.4. The zero-order valence-electron chi connectivity index (χ0n) is 19.2. The number of nitrogens with one attached hydrogen (secondary N) is 1. The molecule has 3 heterocycles. The van der Waals surface area contributed by atoms with Gasteiger partial charge in [0.2, 0.25) is 0 Å². The lowest BCUT2D eigenvalue weighted by Gasteiger charge is -2.29. The maximum atomic E-state index is 15.0. The van der Waals surface area contributed by atoms with Crippen LogP contribution in [0, 0.1) is 6.92 Å². The summed E-state index contributed by atoms with van der Waals surface area (Å²) < 4.78 is 41.4. The smallest absolute Gasteiger partial charge is 0.389 e. The van der Waals surface area contributed by atoms with Crippen LogP contribution in [0.25, 0.3) is 10.9 Å². The summed E-state index contributed by atoms with van der Waals surface area (Å²) in [6.07, 6.45) is -2.50. The molecule has 1 aromatic heterocycles. The quantitative estimate of drug-likeness (QED) is 0.398. The van der Waals surface area contributed by atoms with Crippen molar-refractivity contribution in [1.29, 1.82) is 0 Å². The van der Waals surface area contributed by atoms with E-state index in [1.807, 2.05) is 76.2 Å². The van der Waals surface area contributed by atoms with Gasteiger partial charge in [0.15, 0.2) is 5.60 Å². The van der Waals surface area contributed by atoms with E-state index in [1.54, 1.807) is 0 Å². The molecule has 0 amide bonds. The minimum Gasteiger partial charge on any atom is -0.487 e. The molecule has 2 aliphatic heterocycles. The SMILES string of the molecule is CCSCC1(C(Nc2cccc3nc(C)ccc23)c2cccc3c2OC(C)(C)C3)OC1(F)F. The van der Waals surface area contributed by atoms with Crippen LogP contribution in [0.4, 0.5) is 14.5 Å². The maximum absolute atomic E-state index is 15.0. The zero-order chi connectivity index (χ0) is 23.4. The first-order chi connectivity index (χ1) is 15.7. The molecule has 0 bridgehead atoms. The second-order valence-corrected chi connectivity index (χ2v) is 10.7. The van der Waals surface area contributed by atoms with Crippen LogP contribution in [-0.4, -0.2) is 33.8 Å². The summed E-state index contributed by atoms with van der Waals surface area (Å²) in [4.78, 5) is 4.60. The summed E-state index contributed by atoms with van der Waals surface area (Å²) in [5, 5.41) is 4.32. The number of rotatable bonds is 7. The van der Waals surface area contributed by atoms with Gasteiger partial charge in [0, 0.05) is 34.5 Å². The number of pyridine rings is 1. The number of benzene rings is 2. The van der Waals surface area contributed by atoms with Gasteiger partial charge in [-0.3, -0.25) is 9.72 Å². The summed E-state index contributed by atoms with van der Waals surface area (Å²) in [5.74, 6) is 1.58. The van der Waals surface area contributed by atoms with Gasteiger partial charge in [0.1, 0.15) is 11.4 Å². The monoisotopic (exact) mass is 470 g/mol. The molecule has 33 heavy (non-hydrogen) atoms. The lowest BCUT2D eigenvalue weighted by Crippen LogP contribution is -2.36. The van der Waals surface area contributed by atoms with Crippen molar-refractivity contribution in [3.8, 4) is 5.75 Å². The van der Waals surface area contributed by atoms with Crippen LogP contribution < -0.4 is 10.1 Å². The second-order valence-electron chi connectivity index (χ2n) is 9.42. The van der Waals surface area contributed by atoms with Gasteiger partial charge in [-0.15, -0.1) is 0 Å². The molecule has 1 N–H and O–H groups in total. The van der Waals surface area contributed by atoms with Crippen molar-refractivity contribution in [3.05, 3.63) is 65.4 Å². The number of hydrogen-bond donors (Lipinski definition) is 1. The van der Waals surface area contributed by atoms with Crippen molar-refractivity contribution in [2.24, 2.45) is 0 Å². The summed E-state index contributed by atoms with van der Waals surface area (Å²) in [6.45, 7) is 7.93. The highest BCUT2D eigenvalue weighted by Gasteiger charge is 2.78. The standard InChI is InChI=1S/C26H28F2N2O2S/c1-5-33-15-25(26(27,28)32-25)23(19-9-6-8-17-14-24(3,4)31-22(17)19)30-21-11-7-10-20-18(21)13-12-16(2)29-20/h6-13,23,30H,5,14-15H2,1-4H3. The summed E-state index contributed by atoms with van der Waals surface area (Å²) in [5.41, 5.74) is 2.13. The molecule has 3 aromatic rings. The van der Waals surface area contributed by atoms with Gasteiger partial charge in [-0.25, -0.2) is 0 Å². The molecule has 7 heteroatoms. The molecule has 5 rings (SSSR count). The number of epoxide rings is 1. The van der Waals surface area contributed by atoms with Gasteiger partial charge in [-0.1, -0.05) is 31.2 Å². The Bertz CT molecular complexity index is 1220. The number of fused-ring (bicyclic) bond motifs is 2. The van der Waals surface area contributed by atoms with Crippen molar-refractivity contribution in [2.45, 2.75) is 57.5 Å². The molecule has 1 saturated heterocycles. The first-order valence-electron chi connectivity index (χ1n) is 11.3. The number of ether oxygens (including phenoxy) is 2. The Labute approximate surface area is 197 Å². The highest BCUT2D eigenvalue weighted by atomic mass is 32.2. The van der Waals surface area contributed by atoms with Gasteiger partial charge in [-0.2, -0.15) is 20.5 Å². The van der Waals surface area contributed by atoms with Gasteiger partial charge >= 0.3 is 6.11 Å². The fraction of sp³-hybridized carbons (Fsp3) is 0.423. The lowest BCUT2D eigenvalue weighted by atomic mass is 9.90. The Morgan fingerprint density at radius 2 is 1.88 bits per heavy atom. The van der Waals surface area contributed by atoms with Crippen molar-refractivity contribution in [3.63, 3.8) is 0 Å². The van der Waals surface area contributed by atoms with Crippen LogP contribution in [0.2, 0.25) is 0 Å². The minimum absolute atomic E-state index is 0.170. The number of alkyl halides is 2. The molecule has 174 valence electrons. The average Bonchev–Trinajstić information content (AvgIpc) is 3.15. The number of aromatic nitrogens is 1. The van der Waals surface area contributed by atoms with E-state index in [1.165, 1.54) is 11.8 Å². The summed E-state index contributed by atoms with van der Waals surface area (Å²) >= 11 is 1.45. The number of thioether (sulfide) groups is 1. The topological polar surface area (TPSA) is 46.7 Å². The highest BCUT2D eigenvalue weighted by Crippen LogP contribution is 2.61. The first-order valence-corrected chi connectivity index (χ1v) is 12.4. The number of para-hydroxylation sites is 1. The second kappa shape index (κ2) is 7.84.